The molecule has 0 spiro atoms. The second kappa shape index (κ2) is 11.6. The first-order valence-electron chi connectivity index (χ1n) is 11.2. The van der Waals surface area contributed by atoms with E-state index in [0.717, 1.165) is 59.5 Å². The molecular weight excluding hydrogens is 432 g/mol. The third-order valence-electron chi connectivity index (χ3n) is 5.16. The summed E-state index contributed by atoms with van der Waals surface area (Å²) in [5.74, 6) is 0. The van der Waals surface area contributed by atoms with Crippen LogP contribution < -0.4 is 15.8 Å². The molecule has 1 aliphatic heterocycles. The van der Waals surface area contributed by atoms with E-state index in [0.29, 0.717) is 11.3 Å². The molecule has 0 unspecified atom stereocenters. The topological polar surface area (TPSA) is 70.2 Å². The molecule has 1 fully saturated rings. The summed E-state index contributed by atoms with van der Waals surface area (Å²) in [6, 6.07) is 10.0. The minimum Gasteiger partial charge on any atom is -0.378 e. The average Bonchev–Trinajstić information content (AvgIpc) is 3.28. The first-order valence-corrected chi connectivity index (χ1v) is 12.1. The van der Waals surface area contributed by atoms with Crippen LogP contribution in [0.3, 0.4) is 0 Å². The lowest BCUT2D eigenvalue weighted by Crippen LogP contribution is -2.36. The van der Waals surface area contributed by atoms with Crippen molar-refractivity contribution in [1.82, 2.24) is 9.97 Å². The number of H-pyrrole nitrogens is 1. The Morgan fingerprint density at radius 1 is 1.21 bits per heavy atom. The first-order chi connectivity index (χ1) is 16.0. The summed E-state index contributed by atoms with van der Waals surface area (Å²) >= 11 is 1.60. The van der Waals surface area contributed by atoms with E-state index in [1.807, 2.05) is 57.4 Å². The van der Waals surface area contributed by atoms with Crippen LogP contribution in [0, 0.1) is 6.92 Å². The van der Waals surface area contributed by atoms with Crippen LogP contribution in [0.5, 0.6) is 0 Å². The summed E-state index contributed by atoms with van der Waals surface area (Å²) in [6.45, 7) is 15.4. The summed E-state index contributed by atoms with van der Waals surface area (Å²) in [6.07, 6.45) is 3.64. The Bertz CT molecular complexity index is 1160. The molecule has 3 heterocycles. The van der Waals surface area contributed by atoms with Crippen LogP contribution in [0.4, 0.5) is 11.4 Å². The zero-order valence-electron chi connectivity index (χ0n) is 19.8. The molecule has 2 N–H and O–H groups in total. The lowest BCUT2D eigenvalue weighted by molar-refractivity contribution is 0.122. The number of morpholine rings is 1. The molecule has 0 amide bonds. The van der Waals surface area contributed by atoms with Gasteiger partial charge in [0.05, 0.1) is 18.8 Å². The fourth-order valence-corrected chi connectivity index (χ4v) is 4.35. The molecule has 1 saturated heterocycles. The number of rotatable bonds is 6. The number of benzene rings is 1. The molecule has 7 heteroatoms. The molecule has 0 bridgehead atoms. The van der Waals surface area contributed by atoms with Gasteiger partial charge in [0.15, 0.2) is 0 Å². The number of allylic oxidation sites excluding steroid dienone is 1. The van der Waals surface area contributed by atoms with Crippen molar-refractivity contribution in [1.29, 1.82) is 0 Å². The SMILES string of the molecule is C=C(Nc1ccc(N2CCOCC2)cc1)c1c(/C=C(\C)c2nc(C)cs2)cc[nH]c1=O.CC. The molecule has 1 aromatic carbocycles. The van der Waals surface area contributed by atoms with Gasteiger partial charge in [-0.25, -0.2) is 4.98 Å². The standard InChI is InChI=1S/C24H26N4O2S.C2H6/c1-16(24-26-17(2)15-31-24)14-19-8-9-25-23(29)22(19)18(3)27-20-4-6-21(7-5-20)28-10-12-30-13-11-28;1-2/h4-9,14-15,27H,3,10-13H2,1-2H3,(H,25,29);1-2H3/b16-14+;. The van der Waals surface area contributed by atoms with Gasteiger partial charge in [0.2, 0.25) is 0 Å². The summed E-state index contributed by atoms with van der Waals surface area (Å²) in [5.41, 5.74) is 5.74. The fraction of sp³-hybridized carbons (Fsp3) is 0.308. The lowest BCUT2D eigenvalue weighted by atomic mass is 10.0. The normalized spacial score (nSPS) is 13.8. The average molecular weight is 465 g/mol. The molecule has 0 radical (unpaired) electrons. The number of nitrogens with one attached hydrogen (secondary N) is 2. The smallest absolute Gasteiger partial charge is 0.257 e. The van der Waals surface area contributed by atoms with Crippen molar-refractivity contribution in [2.24, 2.45) is 0 Å². The van der Waals surface area contributed by atoms with Crippen molar-refractivity contribution in [3.63, 3.8) is 0 Å². The van der Waals surface area contributed by atoms with Crippen molar-refractivity contribution in [2.75, 3.05) is 36.5 Å². The zero-order chi connectivity index (χ0) is 23.8. The van der Waals surface area contributed by atoms with Gasteiger partial charge >= 0.3 is 0 Å². The minimum atomic E-state index is -0.181. The third kappa shape index (κ3) is 6.21. The molecule has 6 nitrogen and oxygen atoms in total. The molecule has 4 rings (SSSR count). The van der Waals surface area contributed by atoms with Gasteiger partial charge in [-0.3, -0.25) is 4.79 Å². The summed E-state index contributed by atoms with van der Waals surface area (Å²) in [5, 5.41) is 6.25. The number of aryl methyl sites for hydroxylation is 1. The number of thiazole rings is 1. The minimum absolute atomic E-state index is 0.181. The van der Waals surface area contributed by atoms with Gasteiger partial charge < -0.3 is 19.9 Å². The quantitative estimate of drug-likeness (QED) is 0.494. The Kier molecular flexibility index (Phi) is 8.63. The van der Waals surface area contributed by atoms with E-state index in [-0.39, 0.29) is 5.56 Å². The van der Waals surface area contributed by atoms with Gasteiger partial charge in [0.1, 0.15) is 5.01 Å². The van der Waals surface area contributed by atoms with Gasteiger partial charge in [-0.15, -0.1) is 11.3 Å². The van der Waals surface area contributed by atoms with Crippen LogP contribution in [0.15, 0.2) is 53.3 Å². The van der Waals surface area contributed by atoms with Crippen LogP contribution in [0.2, 0.25) is 0 Å². The number of ether oxygens (including phenoxy) is 1. The van der Waals surface area contributed by atoms with E-state index in [1.165, 1.54) is 0 Å². The maximum atomic E-state index is 12.6. The van der Waals surface area contributed by atoms with Crippen LogP contribution in [0.1, 0.15) is 42.6 Å². The maximum Gasteiger partial charge on any atom is 0.257 e. The number of nitrogens with zero attached hydrogens (tertiary/aromatic N) is 2. The van der Waals surface area contributed by atoms with Gasteiger partial charge in [0, 0.05) is 47.4 Å². The molecule has 1 aliphatic rings. The van der Waals surface area contributed by atoms with Crippen LogP contribution in [-0.2, 0) is 4.74 Å². The highest BCUT2D eigenvalue weighted by Gasteiger charge is 2.13. The van der Waals surface area contributed by atoms with Crippen molar-refractivity contribution in [3.05, 3.63) is 80.7 Å². The Balaban J connectivity index is 0.00000149. The molecule has 0 saturated carbocycles. The largest absolute Gasteiger partial charge is 0.378 e. The van der Waals surface area contributed by atoms with Crippen LogP contribution in [0.25, 0.3) is 17.3 Å². The molecule has 0 aliphatic carbocycles. The zero-order valence-corrected chi connectivity index (χ0v) is 20.6. The molecular formula is C26H32N4O2S. The van der Waals surface area contributed by atoms with E-state index < -0.39 is 0 Å². The van der Waals surface area contributed by atoms with Crippen molar-refractivity contribution in [2.45, 2.75) is 27.7 Å². The second-order valence-electron chi connectivity index (χ2n) is 7.51. The Hall–Kier alpha value is -3.16. The maximum absolute atomic E-state index is 12.6. The van der Waals surface area contributed by atoms with Crippen molar-refractivity contribution < 1.29 is 4.74 Å². The summed E-state index contributed by atoms with van der Waals surface area (Å²) in [7, 11) is 0. The number of hydrogen-bond donors (Lipinski definition) is 2. The Labute approximate surface area is 199 Å². The first kappa shape index (κ1) is 24.5. The van der Waals surface area contributed by atoms with Crippen molar-refractivity contribution >= 4 is 40.1 Å². The van der Waals surface area contributed by atoms with E-state index in [1.54, 1.807) is 17.5 Å². The third-order valence-corrected chi connectivity index (χ3v) is 6.26. The molecule has 33 heavy (non-hydrogen) atoms. The van der Waals surface area contributed by atoms with Crippen molar-refractivity contribution in [3.8, 4) is 0 Å². The van der Waals surface area contributed by atoms with E-state index in [2.05, 4.69) is 38.9 Å². The second-order valence-corrected chi connectivity index (χ2v) is 8.37. The highest BCUT2D eigenvalue weighted by atomic mass is 32.1. The molecule has 174 valence electrons. The number of anilines is 2. The predicted octanol–water partition coefficient (Wildman–Crippen LogP) is 5.65. The number of aromatic nitrogens is 2. The number of aromatic amines is 1. The molecule has 2 aromatic heterocycles. The Morgan fingerprint density at radius 2 is 1.91 bits per heavy atom. The van der Waals surface area contributed by atoms with Gasteiger partial charge in [-0.05, 0) is 61.4 Å². The van der Waals surface area contributed by atoms with Gasteiger partial charge in [-0.2, -0.15) is 0 Å². The number of pyridine rings is 1. The van der Waals surface area contributed by atoms with Gasteiger partial charge in [-0.1, -0.05) is 20.4 Å². The van der Waals surface area contributed by atoms with E-state index in [4.69, 9.17) is 4.74 Å². The molecule has 0 atom stereocenters. The molecule has 3 aromatic rings. The van der Waals surface area contributed by atoms with Crippen LogP contribution in [-0.4, -0.2) is 36.3 Å². The summed E-state index contributed by atoms with van der Waals surface area (Å²) < 4.78 is 5.42. The Morgan fingerprint density at radius 3 is 2.55 bits per heavy atom. The fourth-order valence-electron chi connectivity index (χ4n) is 3.57. The van der Waals surface area contributed by atoms with Crippen LogP contribution >= 0.6 is 11.3 Å². The van der Waals surface area contributed by atoms with Gasteiger partial charge in [0.25, 0.3) is 5.56 Å². The predicted molar refractivity (Wildman–Crippen MR) is 141 cm³/mol. The lowest BCUT2D eigenvalue weighted by Gasteiger charge is -2.29. The monoisotopic (exact) mass is 464 g/mol. The number of hydrogen-bond acceptors (Lipinski definition) is 6. The van der Waals surface area contributed by atoms with E-state index in [9.17, 15) is 4.79 Å². The highest BCUT2D eigenvalue weighted by molar-refractivity contribution is 7.10. The summed E-state index contributed by atoms with van der Waals surface area (Å²) in [4.78, 5) is 22.2. The van der Waals surface area contributed by atoms with E-state index >= 15 is 0 Å². The highest BCUT2D eigenvalue weighted by Crippen LogP contribution is 2.25.